The molecule has 94 valence electrons. The topological polar surface area (TPSA) is 32.3 Å². The maximum atomic E-state index is 12.2. The fraction of sp³-hybridized carbons (Fsp3) is 0.286. The first-order valence-electron chi connectivity index (χ1n) is 6.14. The number of rotatable bonds is 4. The highest BCUT2D eigenvalue weighted by atomic mass is 32.1. The fourth-order valence-corrected chi connectivity index (χ4v) is 2.14. The van der Waals surface area contributed by atoms with E-state index in [0.29, 0.717) is 10.8 Å². The molecular weight excluding hydrogens is 244 g/mol. The number of hydrogen-bond donors (Lipinski definition) is 1. The van der Waals surface area contributed by atoms with Gasteiger partial charge in [0.1, 0.15) is 5.70 Å². The van der Waals surface area contributed by atoms with Crippen LogP contribution in [0.25, 0.3) is 0 Å². The first-order chi connectivity index (χ1) is 8.74. The summed E-state index contributed by atoms with van der Waals surface area (Å²) < 4.78 is 0. The van der Waals surface area contributed by atoms with E-state index >= 15 is 0 Å². The molecule has 0 spiro atoms. The maximum absolute atomic E-state index is 12.2. The Balaban J connectivity index is 2.18. The molecule has 0 bridgehead atoms. The van der Waals surface area contributed by atoms with Gasteiger partial charge in [0.2, 0.25) is 0 Å². The van der Waals surface area contributed by atoms with Crippen molar-refractivity contribution in [3.05, 3.63) is 42.1 Å². The number of anilines is 1. The smallest absolute Gasteiger partial charge is 0.280 e. The molecule has 2 rings (SSSR count). The molecule has 3 nitrogen and oxygen atoms in total. The number of carbonyl (C=O) groups excluding carboxylic acids is 1. The minimum Gasteiger partial charge on any atom is -0.328 e. The van der Waals surface area contributed by atoms with Crippen molar-refractivity contribution in [1.29, 1.82) is 0 Å². The van der Waals surface area contributed by atoms with Crippen LogP contribution >= 0.6 is 12.2 Å². The second kappa shape index (κ2) is 5.78. The molecule has 1 N–H and O–H groups in total. The van der Waals surface area contributed by atoms with E-state index in [0.717, 1.165) is 24.9 Å². The molecule has 0 aliphatic carbocycles. The Morgan fingerprint density at radius 1 is 1.33 bits per heavy atom. The van der Waals surface area contributed by atoms with Crippen molar-refractivity contribution in [2.45, 2.75) is 26.2 Å². The molecule has 18 heavy (non-hydrogen) atoms. The average molecular weight is 260 g/mol. The number of nitrogens with zero attached hydrogens (tertiary/aromatic N) is 1. The number of hydrogen-bond acceptors (Lipinski definition) is 2. The number of para-hydroxylation sites is 1. The minimum absolute atomic E-state index is 0.0673. The summed E-state index contributed by atoms with van der Waals surface area (Å²) in [7, 11) is 0. The van der Waals surface area contributed by atoms with Crippen LogP contribution in [0.3, 0.4) is 0 Å². The van der Waals surface area contributed by atoms with Gasteiger partial charge < -0.3 is 5.32 Å². The first-order valence-corrected chi connectivity index (χ1v) is 6.55. The lowest BCUT2D eigenvalue weighted by molar-refractivity contribution is -0.113. The van der Waals surface area contributed by atoms with E-state index in [9.17, 15) is 4.79 Å². The number of allylic oxidation sites excluding steroid dienone is 1. The number of unbranched alkanes of at least 4 members (excludes halogenated alkanes) is 2. The van der Waals surface area contributed by atoms with Gasteiger partial charge in [-0.25, -0.2) is 0 Å². The quantitative estimate of drug-likeness (QED) is 0.513. The minimum atomic E-state index is -0.0673. The molecule has 1 heterocycles. The summed E-state index contributed by atoms with van der Waals surface area (Å²) in [4.78, 5) is 13.8. The number of thiocarbonyl (C=S) groups is 1. The zero-order valence-corrected chi connectivity index (χ0v) is 11.2. The van der Waals surface area contributed by atoms with Gasteiger partial charge in [0, 0.05) is 0 Å². The van der Waals surface area contributed by atoms with Crippen molar-refractivity contribution in [2.24, 2.45) is 0 Å². The second-order valence-electron chi connectivity index (χ2n) is 4.17. The van der Waals surface area contributed by atoms with Crippen molar-refractivity contribution in [3.63, 3.8) is 0 Å². The molecule has 0 atom stereocenters. The van der Waals surface area contributed by atoms with Crippen molar-refractivity contribution in [1.82, 2.24) is 5.32 Å². The van der Waals surface area contributed by atoms with Gasteiger partial charge in [-0.05, 0) is 37.2 Å². The van der Waals surface area contributed by atoms with Gasteiger partial charge >= 0.3 is 0 Å². The average Bonchev–Trinajstić information content (AvgIpc) is 2.66. The van der Waals surface area contributed by atoms with Crippen LogP contribution in [0.5, 0.6) is 0 Å². The van der Waals surface area contributed by atoms with E-state index in [1.165, 1.54) is 4.90 Å². The molecule has 1 fully saturated rings. The van der Waals surface area contributed by atoms with E-state index in [4.69, 9.17) is 12.2 Å². The van der Waals surface area contributed by atoms with Gasteiger partial charge in [-0.2, -0.15) is 0 Å². The predicted molar refractivity (Wildman–Crippen MR) is 77.3 cm³/mol. The molecule has 1 aliphatic heterocycles. The standard InChI is InChI=1S/C14H16N2OS/c1-2-3-5-10-12-13(17)16(14(18)15-12)11-8-6-4-7-9-11/h4,6-10H,2-3,5H2,1H3,(H,15,18)/b12-10+. The Bertz CT molecular complexity index is 482. The van der Waals surface area contributed by atoms with Crippen molar-refractivity contribution >= 4 is 28.9 Å². The Morgan fingerprint density at radius 2 is 2.06 bits per heavy atom. The molecule has 4 heteroatoms. The van der Waals surface area contributed by atoms with Crippen LogP contribution in [0.2, 0.25) is 0 Å². The van der Waals surface area contributed by atoms with Crippen molar-refractivity contribution in [2.75, 3.05) is 4.90 Å². The predicted octanol–water partition coefficient (Wildman–Crippen LogP) is 2.98. The largest absolute Gasteiger partial charge is 0.328 e. The van der Waals surface area contributed by atoms with E-state index < -0.39 is 0 Å². The Hall–Kier alpha value is -1.68. The van der Waals surface area contributed by atoms with Crippen LogP contribution < -0.4 is 10.2 Å². The monoisotopic (exact) mass is 260 g/mol. The lowest BCUT2D eigenvalue weighted by Crippen LogP contribution is -2.30. The number of amides is 1. The summed E-state index contributed by atoms with van der Waals surface area (Å²) in [6.07, 6.45) is 5.03. The van der Waals surface area contributed by atoms with Crippen LogP contribution in [-0.4, -0.2) is 11.0 Å². The maximum Gasteiger partial charge on any atom is 0.280 e. The van der Waals surface area contributed by atoms with Gasteiger partial charge in [-0.15, -0.1) is 0 Å². The Kier molecular flexibility index (Phi) is 4.10. The number of nitrogens with one attached hydrogen (secondary N) is 1. The third-order valence-corrected chi connectivity index (χ3v) is 3.08. The van der Waals surface area contributed by atoms with Gasteiger partial charge in [0.25, 0.3) is 5.91 Å². The molecule has 1 saturated heterocycles. The summed E-state index contributed by atoms with van der Waals surface area (Å²) in [6.45, 7) is 2.13. The SMILES string of the molecule is CCCC/C=C1/NC(=S)N(c2ccccc2)C1=O. The highest BCUT2D eigenvalue weighted by Crippen LogP contribution is 2.20. The molecule has 0 unspecified atom stereocenters. The van der Waals surface area contributed by atoms with E-state index in [1.807, 2.05) is 36.4 Å². The summed E-state index contributed by atoms with van der Waals surface area (Å²) in [5.74, 6) is -0.0673. The molecular formula is C14H16N2OS. The normalized spacial score (nSPS) is 17.4. The van der Waals surface area contributed by atoms with Crippen molar-refractivity contribution < 1.29 is 4.79 Å². The highest BCUT2D eigenvalue weighted by Gasteiger charge is 2.31. The van der Waals surface area contributed by atoms with Crippen molar-refractivity contribution in [3.8, 4) is 0 Å². The van der Waals surface area contributed by atoms with Gasteiger partial charge in [0.05, 0.1) is 5.69 Å². The first kappa shape index (κ1) is 12.8. The van der Waals surface area contributed by atoms with Crippen LogP contribution in [0.1, 0.15) is 26.2 Å². The lowest BCUT2D eigenvalue weighted by atomic mass is 10.2. The van der Waals surface area contributed by atoms with E-state index in [2.05, 4.69) is 12.2 Å². The lowest BCUT2D eigenvalue weighted by Gasteiger charge is -2.13. The zero-order valence-electron chi connectivity index (χ0n) is 10.3. The van der Waals surface area contributed by atoms with Crippen LogP contribution in [0, 0.1) is 0 Å². The second-order valence-corrected chi connectivity index (χ2v) is 4.55. The number of benzene rings is 1. The van der Waals surface area contributed by atoms with Crippen LogP contribution in [0.15, 0.2) is 42.1 Å². The summed E-state index contributed by atoms with van der Waals surface area (Å²) in [6, 6.07) is 9.45. The Morgan fingerprint density at radius 3 is 2.72 bits per heavy atom. The third kappa shape index (κ3) is 2.59. The van der Waals surface area contributed by atoms with E-state index in [-0.39, 0.29) is 5.91 Å². The molecule has 1 aliphatic rings. The highest BCUT2D eigenvalue weighted by molar-refractivity contribution is 7.80. The van der Waals surface area contributed by atoms with Gasteiger partial charge in [-0.3, -0.25) is 9.69 Å². The Labute approximate surface area is 112 Å². The third-order valence-electron chi connectivity index (χ3n) is 2.80. The van der Waals surface area contributed by atoms with Gasteiger partial charge in [-0.1, -0.05) is 37.6 Å². The van der Waals surface area contributed by atoms with Gasteiger partial charge in [0.15, 0.2) is 5.11 Å². The molecule has 0 saturated carbocycles. The molecule has 1 amide bonds. The summed E-state index contributed by atoms with van der Waals surface area (Å²) in [5.41, 5.74) is 1.40. The fourth-order valence-electron chi connectivity index (χ4n) is 1.84. The summed E-state index contributed by atoms with van der Waals surface area (Å²) >= 11 is 5.21. The van der Waals surface area contributed by atoms with Crippen LogP contribution in [0.4, 0.5) is 5.69 Å². The molecule has 0 radical (unpaired) electrons. The molecule has 0 aromatic heterocycles. The summed E-state index contributed by atoms with van der Waals surface area (Å²) in [5, 5.41) is 3.43. The number of carbonyl (C=O) groups is 1. The molecule has 1 aromatic rings. The van der Waals surface area contributed by atoms with E-state index in [1.54, 1.807) is 0 Å². The van der Waals surface area contributed by atoms with Crippen LogP contribution in [-0.2, 0) is 4.79 Å². The molecule has 1 aromatic carbocycles. The zero-order chi connectivity index (χ0) is 13.0.